The van der Waals surface area contributed by atoms with Crippen molar-refractivity contribution in [2.75, 3.05) is 11.2 Å². The van der Waals surface area contributed by atoms with Gasteiger partial charge in [0.2, 0.25) is 11.1 Å². The van der Waals surface area contributed by atoms with Gasteiger partial charge in [-0.3, -0.25) is 4.79 Å². The molecule has 25 heavy (non-hydrogen) atoms. The highest BCUT2D eigenvalue weighted by Gasteiger charge is 2.30. The SMILES string of the molecule is CC[C@H](C)c1ccccc1NC(=O)[C@@H](C)Sc1nnc(C2CC2)n1N. The van der Waals surface area contributed by atoms with Crippen molar-refractivity contribution in [1.82, 2.24) is 14.9 Å². The van der Waals surface area contributed by atoms with E-state index in [1.54, 1.807) is 0 Å². The van der Waals surface area contributed by atoms with Crippen LogP contribution in [0.4, 0.5) is 5.69 Å². The van der Waals surface area contributed by atoms with Crippen molar-refractivity contribution in [2.24, 2.45) is 0 Å². The number of nitrogen functional groups attached to an aromatic ring is 1. The predicted molar refractivity (Wildman–Crippen MR) is 101 cm³/mol. The molecule has 3 N–H and O–H groups in total. The summed E-state index contributed by atoms with van der Waals surface area (Å²) in [5, 5.41) is 11.6. The van der Waals surface area contributed by atoms with E-state index in [9.17, 15) is 4.79 Å². The maximum atomic E-state index is 12.6. The minimum atomic E-state index is -0.316. The minimum Gasteiger partial charge on any atom is -0.336 e. The lowest BCUT2D eigenvalue weighted by Crippen LogP contribution is -2.24. The third-order valence-corrected chi connectivity index (χ3v) is 5.70. The first-order valence-electron chi connectivity index (χ1n) is 8.78. The normalized spacial score (nSPS) is 16.4. The average molecular weight is 359 g/mol. The largest absolute Gasteiger partial charge is 0.336 e. The number of nitrogens with two attached hydrogens (primary N) is 1. The molecule has 6 nitrogen and oxygen atoms in total. The summed E-state index contributed by atoms with van der Waals surface area (Å²) in [5.41, 5.74) is 2.04. The Morgan fingerprint density at radius 1 is 1.36 bits per heavy atom. The van der Waals surface area contributed by atoms with Crippen molar-refractivity contribution in [3.63, 3.8) is 0 Å². The Hall–Kier alpha value is -2.02. The summed E-state index contributed by atoms with van der Waals surface area (Å²) in [7, 11) is 0. The molecular formula is C18H25N5OS. The zero-order valence-corrected chi connectivity index (χ0v) is 15.7. The standard InChI is InChI=1S/C18H25N5OS/c1-4-11(2)14-7-5-6-8-15(14)20-17(24)12(3)25-18-22-21-16(23(18)19)13-9-10-13/h5-8,11-13H,4,9-10,19H2,1-3H3,(H,20,24)/t11-,12+/m0/s1. The monoisotopic (exact) mass is 359 g/mol. The first-order chi connectivity index (χ1) is 12.0. The molecule has 1 amide bonds. The summed E-state index contributed by atoms with van der Waals surface area (Å²) < 4.78 is 1.53. The van der Waals surface area contributed by atoms with Crippen molar-refractivity contribution in [1.29, 1.82) is 0 Å². The highest BCUT2D eigenvalue weighted by Crippen LogP contribution is 2.39. The molecule has 1 heterocycles. The van der Waals surface area contributed by atoms with Crippen LogP contribution in [0.2, 0.25) is 0 Å². The minimum absolute atomic E-state index is 0.0586. The number of benzene rings is 1. The third-order valence-electron chi connectivity index (χ3n) is 4.65. The second-order valence-corrected chi connectivity index (χ2v) is 7.94. The van der Waals surface area contributed by atoms with Crippen LogP contribution < -0.4 is 11.2 Å². The van der Waals surface area contributed by atoms with Gasteiger partial charge in [0.05, 0.1) is 5.25 Å². The molecule has 2 atom stereocenters. The molecule has 1 saturated carbocycles. The van der Waals surface area contributed by atoms with Gasteiger partial charge >= 0.3 is 0 Å². The van der Waals surface area contributed by atoms with E-state index in [1.165, 1.54) is 16.4 Å². The summed E-state index contributed by atoms with van der Waals surface area (Å²) in [5.74, 6) is 7.65. The number of thioether (sulfide) groups is 1. The summed E-state index contributed by atoms with van der Waals surface area (Å²) in [6.45, 7) is 6.17. The Bertz CT molecular complexity index is 756. The summed E-state index contributed by atoms with van der Waals surface area (Å²) in [6, 6.07) is 7.97. The number of nitrogens with one attached hydrogen (secondary N) is 1. The van der Waals surface area contributed by atoms with Gasteiger partial charge in [0.15, 0.2) is 5.82 Å². The van der Waals surface area contributed by atoms with Crippen molar-refractivity contribution < 1.29 is 4.79 Å². The predicted octanol–water partition coefficient (Wildman–Crippen LogP) is 3.50. The highest BCUT2D eigenvalue weighted by molar-refractivity contribution is 8.00. The van der Waals surface area contributed by atoms with Gasteiger partial charge in [-0.2, -0.15) is 0 Å². The summed E-state index contributed by atoms with van der Waals surface area (Å²) >= 11 is 1.34. The number of hydrogen-bond donors (Lipinski definition) is 2. The van der Waals surface area contributed by atoms with E-state index in [0.29, 0.717) is 17.0 Å². The number of amides is 1. The Labute approximate surface area is 152 Å². The molecule has 0 bridgehead atoms. The Morgan fingerprint density at radius 2 is 2.08 bits per heavy atom. The van der Waals surface area contributed by atoms with E-state index in [2.05, 4.69) is 35.4 Å². The maximum absolute atomic E-state index is 12.6. The van der Waals surface area contributed by atoms with E-state index in [1.807, 2.05) is 25.1 Å². The summed E-state index contributed by atoms with van der Waals surface area (Å²) in [4.78, 5) is 12.6. The zero-order valence-electron chi connectivity index (χ0n) is 14.9. The number of rotatable bonds is 7. The topological polar surface area (TPSA) is 85.8 Å². The number of carbonyl (C=O) groups excluding carboxylic acids is 1. The number of carbonyl (C=O) groups is 1. The molecule has 1 aliphatic rings. The Balaban J connectivity index is 1.67. The smallest absolute Gasteiger partial charge is 0.237 e. The lowest BCUT2D eigenvalue weighted by atomic mass is 9.97. The van der Waals surface area contributed by atoms with E-state index < -0.39 is 0 Å². The fourth-order valence-corrected chi connectivity index (χ4v) is 3.47. The molecule has 0 saturated heterocycles. The average Bonchev–Trinajstić information content (AvgIpc) is 3.39. The highest BCUT2D eigenvalue weighted by atomic mass is 32.2. The lowest BCUT2D eigenvalue weighted by molar-refractivity contribution is -0.115. The van der Waals surface area contributed by atoms with Crippen molar-refractivity contribution in [3.8, 4) is 0 Å². The molecule has 0 spiro atoms. The molecule has 134 valence electrons. The fraction of sp³-hybridized carbons (Fsp3) is 0.500. The molecule has 1 aliphatic carbocycles. The molecular weight excluding hydrogens is 334 g/mol. The van der Waals surface area contributed by atoms with Crippen LogP contribution in [0.15, 0.2) is 29.4 Å². The molecule has 0 unspecified atom stereocenters. The first kappa shape index (κ1) is 17.8. The molecule has 0 radical (unpaired) electrons. The zero-order chi connectivity index (χ0) is 18.0. The van der Waals surface area contributed by atoms with Gasteiger partial charge in [0, 0.05) is 11.6 Å². The quantitative estimate of drug-likeness (QED) is 0.584. The van der Waals surface area contributed by atoms with E-state index in [0.717, 1.165) is 36.3 Å². The van der Waals surface area contributed by atoms with Crippen LogP contribution in [0.25, 0.3) is 0 Å². The van der Waals surface area contributed by atoms with Crippen LogP contribution in [-0.4, -0.2) is 26.0 Å². The van der Waals surface area contributed by atoms with E-state index in [4.69, 9.17) is 5.84 Å². The van der Waals surface area contributed by atoms with Crippen molar-refractivity contribution in [2.45, 2.75) is 62.3 Å². The second kappa shape index (κ2) is 7.47. The summed E-state index contributed by atoms with van der Waals surface area (Å²) in [6.07, 6.45) is 3.25. The van der Waals surface area contributed by atoms with Gasteiger partial charge in [-0.25, -0.2) is 4.68 Å². The van der Waals surface area contributed by atoms with Crippen LogP contribution in [0.5, 0.6) is 0 Å². The number of anilines is 1. The van der Waals surface area contributed by atoms with Gasteiger partial charge < -0.3 is 11.2 Å². The number of hydrogen-bond acceptors (Lipinski definition) is 5. The first-order valence-corrected chi connectivity index (χ1v) is 9.66. The molecule has 2 aromatic rings. The van der Waals surface area contributed by atoms with E-state index >= 15 is 0 Å². The molecule has 7 heteroatoms. The van der Waals surface area contributed by atoms with Crippen LogP contribution >= 0.6 is 11.8 Å². The number of aromatic nitrogens is 3. The van der Waals surface area contributed by atoms with Crippen LogP contribution in [0.1, 0.15) is 63.3 Å². The third kappa shape index (κ3) is 3.98. The van der Waals surface area contributed by atoms with Gasteiger partial charge in [0.25, 0.3) is 0 Å². The molecule has 1 aromatic carbocycles. The Kier molecular flexibility index (Phi) is 5.32. The van der Waals surface area contributed by atoms with Gasteiger partial charge in [-0.1, -0.05) is 43.8 Å². The van der Waals surface area contributed by atoms with Gasteiger partial charge in [0.1, 0.15) is 0 Å². The lowest BCUT2D eigenvalue weighted by Gasteiger charge is -2.17. The van der Waals surface area contributed by atoms with Gasteiger partial charge in [-0.05, 0) is 43.7 Å². The maximum Gasteiger partial charge on any atom is 0.237 e. The molecule has 1 fully saturated rings. The second-order valence-electron chi connectivity index (χ2n) is 6.63. The van der Waals surface area contributed by atoms with Gasteiger partial charge in [-0.15, -0.1) is 10.2 Å². The molecule has 1 aromatic heterocycles. The fourth-order valence-electron chi connectivity index (χ4n) is 2.70. The number of para-hydroxylation sites is 1. The molecule has 0 aliphatic heterocycles. The Morgan fingerprint density at radius 3 is 2.76 bits per heavy atom. The van der Waals surface area contributed by atoms with E-state index in [-0.39, 0.29) is 11.2 Å². The van der Waals surface area contributed by atoms with Crippen LogP contribution in [0.3, 0.4) is 0 Å². The number of nitrogens with zero attached hydrogens (tertiary/aromatic N) is 3. The van der Waals surface area contributed by atoms with Crippen molar-refractivity contribution >= 4 is 23.4 Å². The van der Waals surface area contributed by atoms with Crippen LogP contribution in [-0.2, 0) is 4.79 Å². The van der Waals surface area contributed by atoms with Crippen molar-refractivity contribution in [3.05, 3.63) is 35.7 Å². The van der Waals surface area contributed by atoms with Crippen LogP contribution in [0, 0.1) is 0 Å². The molecule has 3 rings (SSSR count).